The monoisotopic (exact) mass is 595 g/mol. The molecule has 1 N–H and O–H groups in total. The van der Waals surface area contributed by atoms with E-state index in [1.807, 2.05) is 0 Å². The Morgan fingerprint density at radius 1 is 0.909 bits per heavy atom. The number of ether oxygens (including phenoxy) is 2. The molecule has 4 rings (SSSR count). The summed E-state index contributed by atoms with van der Waals surface area (Å²) in [6, 6.07) is 14.8. The molecule has 0 spiro atoms. The number of anilines is 1. The first-order chi connectivity index (χ1) is 15.9. The highest BCUT2D eigenvalue weighted by Gasteiger charge is 2.24. The molecule has 0 saturated heterocycles. The predicted octanol–water partition coefficient (Wildman–Crippen LogP) is 4.79. The predicted molar refractivity (Wildman–Crippen MR) is 131 cm³/mol. The van der Waals surface area contributed by atoms with Gasteiger partial charge in [0.05, 0.1) is 12.0 Å². The number of para-hydroxylation sites is 2. The number of halogens is 2. The molecule has 0 saturated carbocycles. The summed E-state index contributed by atoms with van der Waals surface area (Å²) in [6.07, 6.45) is 3.02. The highest BCUT2D eigenvalue weighted by atomic mass is 127. The Hall–Kier alpha value is -3.03. The molecule has 0 aliphatic carbocycles. The maximum atomic E-state index is 13.1. The van der Waals surface area contributed by atoms with E-state index < -0.39 is 10.0 Å². The number of methoxy groups -OCH3 is 1. The van der Waals surface area contributed by atoms with E-state index in [1.54, 1.807) is 42.5 Å². The lowest BCUT2D eigenvalue weighted by molar-refractivity contribution is 0.378. The second kappa shape index (κ2) is 9.85. The van der Waals surface area contributed by atoms with Gasteiger partial charge in [-0.3, -0.25) is 4.72 Å². The van der Waals surface area contributed by atoms with Crippen molar-refractivity contribution in [1.29, 1.82) is 0 Å². The summed E-state index contributed by atoms with van der Waals surface area (Å²) in [5.74, 6) is 0.613. The second-order valence-corrected chi connectivity index (χ2v) is 9.69. The Labute approximate surface area is 208 Å². The number of benzene rings is 2. The molecule has 0 atom stereocenters. The van der Waals surface area contributed by atoms with Gasteiger partial charge in [0.15, 0.2) is 28.3 Å². The molecule has 2 aromatic heterocycles. The van der Waals surface area contributed by atoms with E-state index in [0.29, 0.717) is 11.5 Å². The smallest absolute Gasteiger partial charge is 0.263 e. The Balaban J connectivity index is 1.82. The van der Waals surface area contributed by atoms with Gasteiger partial charge in [-0.2, -0.15) is 0 Å². The van der Waals surface area contributed by atoms with Crippen molar-refractivity contribution in [3.8, 4) is 28.9 Å². The van der Waals surface area contributed by atoms with Crippen molar-refractivity contribution >= 4 is 50.0 Å². The molecule has 2 heterocycles. The standard InChI is InChI=1S/C21H15ClIN5O4S/c1-31-15-5-2-3-6-16(15)32-17-18(22)26-21(20-24-11-4-12-25-20)27-19(17)28-33(29,30)14-9-7-13(23)8-10-14/h2-12H,1H3,(H,26,27,28). The molecule has 9 nitrogen and oxygen atoms in total. The van der Waals surface area contributed by atoms with E-state index in [-0.39, 0.29) is 33.3 Å². The van der Waals surface area contributed by atoms with Crippen LogP contribution in [0.2, 0.25) is 5.15 Å². The summed E-state index contributed by atoms with van der Waals surface area (Å²) < 4.78 is 40.7. The number of nitrogens with zero attached hydrogens (tertiary/aromatic N) is 4. The van der Waals surface area contributed by atoms with Gasteiger partial charge in [0, 0.05) is 16.0 Å². The van der Waals surface area contributed by atoms with Crippen LogP contribution in [0, 0.1) is 3.57 Å². The van der Waals surface area contributed by atoms with Crippen LogP contribution in [0.3, 0.4) is 0 Å². The third-order valence-electron chi connectivity index (χ3n) is 4.23. The number of sulfonamides is 1. The van der Waals surface area contributed by atoms with E-state index in [4.69, 9.17) is 21.1 Å². The van der Waals surface area contributed by atoms with Gasteiger partial charge in [-0.25, -0.2) is 28.4 Å². The molecule has 0 fully saturated rings. The molecule has 0 unspecified atom stereocenters. The first kappa shape index (κ1) is 23.1. The topological polar surface area (TPSA) is 116 Å². The molecule has 0 aliphatic rings. The van der Waals surface area contributed by atoms with Crippen LogP contribution in [-0.2, 0) is 10.0 Å². The molecule has 0 amide bonds. The van der Waals surface area contributed by atoms with E-state index in [0.717, 1.165) is 3.57 Å². The lowest BCUT2D eigenvalue weighted by atomic mass is 10.3. The Morgan fingerprint density at radius 3 is 2.24 bits per heavy atom. The van der Waals surface area contributed by atoms with Crippen molar-refractivity contribution in [2.75, 3.05) is 11.8 Å². The Morgan fingerprint density at radius 2 is 1.58 bits per heavy atom. The molecule has 4 aromatic rings. The van der Waals surface area contributed by atoms with Crippen molar-refractivity contribution in [1.82, 2.24) is 19.9 Å². The van der Waals surface area contributed by atoms with Crippen LogP contribution < -0.4 is 14.2 Å². The molecule has 0 radical (unpaired) electrons. The van der Waals surface area contributed by atoms with E-state index in [2.05, 4.69) is 47.2 Å². The van der Waals surface area contributed by atoms with Gasteiger partial charge < -0.3 is 9.47 Å². The maximum absolute atomic E-state index is 13.1. The third-order valence-corrected chi connectivity index (χ3v) is 6.56. The highest BCUT2D eigenvalue weighted by Crippen LogP contribution is 2.39. The largest absolute Gasteiger partial charge is 0.493 e. The number of rotatable bonds is 7. The molecule has 168 valence electrons. The van der Waals surface area contributed by atoms with Gasteiger partial charge in [0.25, 0.3) is 10.0 Å². The fraction of sp³-hybridized carbons (Fsp3) is 0.0476. The first-order valence-electron chi connectivity index (χ1n) is 9.31. The summed E-state index contributed by atoms with van der Waals surface area (Å²) in [5, 5.41) is -0.140. The second-order valence-electron chi connectivity index (χ2n) is 6.40. The fourth-order valence-corrected chi connectivity index (χ4v) is 4.28. The summed E-state index contributed by atoms with van der Waals surface area (Å²) in [6.45, 7) is 0. The lowest BCUT2D eigenvalue weighted by Gasteiger charge is -2.16. The van der Waals surface area contributed by atoms with Crippen LogP contribution in [0.4, 0.5) is 5.82 Å². The van der Waals surface area contributed by atoms with E-state index in [9.17, 15) is 8.42 Å². The minimum Gasteiger partial charge on any atom is -0.493 e. The van der Waals surface area contributed by atoms with Crippen LogP contribution in [0.5, 0.6) is 17.2 Å². The molecule has 0 aliphatic heterocycles. The van der Waals surface area contributed by atoms with E-state index in [1.165, 1.54) is 31.6 Å². The number of aromatic nitrogens is 4. The summed E-state index contributed by atoms with van der Waals surface area (Å²) in [5.41, 5.74) is 0. The zero-order valence-corrected chi connectivity index (χ0v) is 20.7. The highest BCUT2D eigenvalue weighted by molar-refractivity contribution is 14.1. The molecule has 33 heavy (non-hydrogen) atoms. The molecular formula is C21H15ClIN5O4S. The molecule has 12 heteroatoms. The average Bonchev–Trinajstić information content (AvgIpc) is 2.82. The van der Waals surface area contributed by atoms with Crippen LogP contribution in [-0.4, -0.2) is 35.5 Å². The first-order valence-corrected chi connectivity index (χ1v) is 12.3. The van der Waals surface area contributed by atoms with Crippen LogP contribution in [0.15, 0.2) is 71.9 Å². The lowest BCUT2D eigenvalue weighted by Crippen LogP contribution is -2.15. The summed E-state index contributed by atoms with van der Waals surface area (Å²) >= 11 is 8.51. The van der Waals surface area contributed by atoms with Gasteiger partial charge in [-0.1, -0.05) is 23.7 Å². The molecule has 2 aromatic carbocycles. The van der Waals surface area contributed by atoms with Crippen LogP contribution >= 0.6 is 34.2 Å². The van der Waals surface area contributed by atoms with Crippen molar-refractivity contribution in [2.45, 2.75) is 4.90 Å². The van der Waals surface area contributed by atoms with Gasteiger partial charge in [0.2, 0.25) is 11.6 Å². The van der Waals surface area contributed by atoms with Crippen LogP contribution in [0.25, 0.3) is 11.6 Å². The van der Waals surface area contributed by atoms with Crippen molar-refractivity contribution in [3.05, 3.63) is 75.7 Å². The quantitative estimate of drug-likeness (QED) is 0.239. The number of hydrogen-bond acceptors (Lipinski definition) is 8. The third kappa shape index (κ3) is 5.31. The average molecular weight is 596 g/mol. The fourth-order valence-electron chi connectivity index (χ4n) is 2.71. The van der Waals surface area contributed by atoms with Crippen LogP contribution in [0.1, 0.15) is 0 Å². The summed E-state index contributed by atoms with van der Waals surface area (Å²) in [4.78, 5) is 16.7. The van der Waals surface area contributed by atoms with Crippen molar-refractivity contribution in [3.63, 3.8) is 0 Å². The zero-order chi connectivity index (χ0) is 23.4. The SMILES string of the molecule is COc1ccccc1Oc1c(Cl)nc(-c2ncccn2)nc1NS(=O)(=O)c1ccc(I)cc1. The van der Waals surface area contributed by atoms with Gasteiger partial charge >= 0.3 is 0 Å². The van der Waals surface area contributed by atoms with Gasteiger partial charge in [0.1, 0.15) is 0 Å². The maximum Gasteiger partial charge on any atom is 0.263 e. The number of nitrogens with one attached hydrogen (secondary N) is 1. The van der Waals surface area contributed by atoms with Crippen molar-refractivity contribution < 1.29 is 17.9 Å². The number of hydrogen-bond donors (Lipinski definition) is 1. The minimum atomic E-state index is -4.03. The Bertz CT molecular complexity index is 1390. The van der Waals surface area contributed by atoms with Gasteiger partial charge in [-0.05, 0) is 65.1 Å². The Kier molecular flexibility index (Phi) is 6.91. The molecule has 0 bridgehead atoms. The van der Waals surface area contributed by atoms with Gasteiger partial charge in [-0.15, -0.1) is 0 Å². The zero-order valence-electron chi connectivity index (χ0n) is 16.9. The minimum absolute atomic E-state index is 0.0216. The molecular weight excluding hydrogens is 581 g/mol. The summed E-state index contributed by atoms with van der Waals surface area (Å²) in [7, 11) is -2.55. The normalized spacial score (nSPS) is 11.1. The van der Waals surface area contributed by atoms with Crippen molar-refractivity contribution in [2.24, 2.45) is 0 Å². The van der Waals surface area contributed by atoms with E-state index >= 15 is 0 Å².